The van der Waals surface area contributed by atoms with Crippen LogP contribution in [0.4, 0.5) is 5.69 Å². The molecule has 0 aromatic heterocycles. The first-order valence-corrected chi connectivity index (χ1v) is 8.44. The predicted molar refractivity (Wildman–Crippen MR) is 99.1 cm³/mol. The van der Waals surface area contributed by atoms with Crippen molar-refractivity contribution < 1.29 is 0 Å². The average molecular weight is 297 g/mol. The molecule has 0 fully saturated rings. The summed E-state index contributed by atoms with van der Waals surface area (Å²) in [6.07, 6.45) is 8.34. The van der Waals surface area contributed by atoms with Crippen LogP contribution in [-0.4, -0.2) is 0 Å². The zero-order valence-electron chi connectivity index (χ0n) is 15.1. The second kappa shape index (κ2) is 5.95. The monoisotopic (exact) mass is 297 g/mol. The van der Waals surface area contributed by atoms with Crippen LogP contribution >= 0.6 is 0 Å². The first kappa shape index (κ1) is 16.9. The molecule has 0 bridgehead atoms. The Morgan fingerprint density at radius 2 is 2.00 bits per heavy atom. The average Bonchev–Trinajstić information content (AvgIpc) is 2.39. The molecule has 0 radical (unpaired) electrons. The summed E-state index contributed by atoms with van der Waals surface area (Å²) in [5, 5.41) is 3.52. The first-order valence-electron chi connectivity index (χ1n) is 8.44. The van der Waals surface area contributed by atoms with Gasteiger partial charge in [0.05, 0.1) is 0 Å². The molecule has 1 aliphatic carbocycles. The second-order valence-corrected chi connectivity index (χ2v) is 8.13. The highest BCUT2D eigenvalue weighted by Crippen LogP contribution is 2.38. The van der Waals surface area contributed by atoms with E-state index in [1.54, 1.807) is 0 Å². The topological polar surface area (TPSA) is 12.0 Å². The van der Waals surface area contributed by atoms with E-state index < -0.39 is 0 Å². The van der Waals surface area contributed by atoms with Gasteiger partial charge in [-0.3, -0.25) is 0 Å². The molecular weight excluding hydrogens is 266 g/mol. The van der Waals surface area contributed by atoms with Crippen LogP contribution in [0.2, 0.25) is 0 Å². The van der Waals surface area contributed by atoms with Gasteiger partial charge in [0.1, 0.15) is 0 Å². The van der Waals surface area contributed by atoms with Crippen molar-refractivity contribution in [1.82, 2.24) is 0 Å². The molecule has 0 spiro atoms. The van der Waals surface area contributed by atoms with E-state index in [2.05, 4.69) is 77.7 Å². The van der Waals surface area contributed by atoms with E-state index in [0.717, 1.165) is 12.1 Å². The van der Waals surface area contributed by atoms with Crippen molar-refractivity contribution in [3.8, 4) is 0 Å². The fourth-order valence-corrected chi connectivity index (χ4v) is 3.11. The van der Waals surface area contributed by atoms with E-state index in [4.69, 9.17) is 0 Å². The molecule has 0 aliphatic heterocycles. The zero-order chi connectivity index (χ0) is 16.5. The van der Waals surface area contributed by atoms with Crippen LogP contribution in [0.5, 0.6) is 0 Å². The fraction of sp³-hybridized carbons (Fsp3) is 0.524. The molecule has 2 rings (SSSR count). The number of anilines is 1. The zero-order valence-corrected chi connectivity index (χ0v) is 15.1. The SMILES string of the molecule is C=C(Nc1cc2c(cc1C)CC(C)(CCC)C=C2)C(C)(C)C. The Morgan fingerprint density at radius 1 is 1.32 bits per heavy atom. The van der Waals surface area contributed by atoms with Gasteiger partial charge in [-0.15, -0.1) is 0 Å². The van der Waals surface area contributed by atoms with Gasteiger partial charge in [0, 0.05) is 16.8 Å². The Balaban J connectivity index is 2.29. The molecule has 0 saturated heterocycles. The lowest BCUT2D eigenvalue weighted by Crippen LogP contribution is -2.20. The van der Waals surface area contributed by atoms with Crippen molar-refractivity contribution >= 4 is 11.8 Å². The van der Waals surface area contributed by atoms with Crippen molar-refractivity contribution in [1.29, 1.82) is 0 Å². The summed E-state index contributed by atoms with van der Waals surface area (Å²) in [5.74, 6) is 0. The maximum absolute atomic E-state index is 4.19. The molecule has 1 aromatic carbocycles. The molecule has 0 amide bonds. The molecule has 0 saturated carbocycles. The molecular formula is C21H31N. The number of allylic oxidation sites excluding steroid dienone is 2. The molecule has 0 heterocycles. The molecule has 22 heavy (non-hydrogen) atoms. The highest BCUT2D eigenvalue weighted by molar-refractivity contribution is 5.67. The number of rotatable bonds is 4. The largest absolute Gasteiger partial charge is 0.359 e. The standard InChI is InChI=1S/C21H31N/c1-8-10-21(7)11-9-17-13-19(15(2)12-18(17)14-21)22-16(3)20(4,5)6/h9,11-13,22H,3,8,10,14H2,1-2,4-7H3. The fourth-order valence-electron chi connectivity index (χ4n) is 3.11. The van der Waals surface area contributed by atoms with Gasteiger partial charge in [-0.25, -0.2) is 0 Å². The second-order valence-electron chi connectivity index (χ2n) is 8.13. The van der Waals surface area contributed by atoms with Gasteiger partial charge >= 0.3 is 0 Å². The van der Waals surface area contributed by atoms with Crippen LogP contribution in [0.1, 0.15) is 64.2 Å². The van der Waals surface area contributed by atoms with Gasteiger partial charge in [-0.05, 0) is 47.9 Å². The third kappa shape index (κ3) is 3.63. The first-order chi connectivity index (χ1) is 10.1. The van der Waals surface area contributed by atoms with Crippen molar-refractivity contribution in [2.75, 3.05) is 5.32 Å². The maximum Gasteiger partial charge on any atom is 0.0417 e. The summed E-state index contributed by atoms with van der Waals surface area (Å²) >= 11 is 0. The Kier molecular flexibility index (Phi) is 4.56. The Bertz CT molecular complexity index is 601. The summed E-state index contributed by atoms with van der Waals surface area (Å²) in [6, 6.07) is 4.63. The molecule has 1 aromatic rings. The van der Waals surface area contributed by atoms with Crippen molar-refractivity contribution in [2.45, 2.75) is 60.8 Å². The van der Waals surface area contributed by atoms with Gasteiger partial charge < -0.3 is 5.32 Å². The number of hydrogen-bond donors (Lipinski definition) is 1. The number of nitrogens with one attached hydrogen (secondary N) is 1. The summed E-state index contributed by atoms with van der Waals surface area (Å²) in [5.41, 5.74) is 6.76. The summed E-state index contributed by atoms with van der Waals surface area (Å²) in [7, 11) is 0. The van der Waals surface area contributed by atoms with Crippen LogP contribution < -0.4 is 5.32 Å². The Hall–Kier alpha value is -1.50. The van der Waals surface area contributed by atoms with E-state index in [0.29, 0.717) is 5.41 Å². The quantitative estimate of drug-likeness (QED) is 0.683. The van der Waals surface area contributed by atoms with Gasteiger partial charge in [-0.1, -0.05) is 65.8 Å². The molecule has 1 aliphatic rings. The number of hydrogen-bond acceptors (Lipinski definition) is 1. The van der Waals surface area contributed by atoms with Crippen LogP contribution in [-0.2, 0) is 6.42 Å². The van der Waals surface area contributed by atoms with E-state index >= 15 is 0 Å². The van der Waals surface area contributed by atoms with Gasteiger partial charge in [-0.2, -0.15) is 0 Å². The molecule has 1 atom stereocenters. The summed E-state index contributed by atoms with van der Waals surface area (Å²) < 4.78 is 0. The minimum Gasteiger partial charge on any atom is -0.359 e. The van der Waals surface area contributed by atoms with Gasteiger partial charge in [0.2, 0.25) is 0 Å². The number of benzene rings is 1. The summed E-state index contributed by atoms with van der Waals surface area (Å²) in [4.78, 5) is 0. The van der Waals surface area contributed by atoms with E-state index in [1.165, 1.54) is 35.2 Å². The molecule has 1 nitrogen and oxygen atoms in total. The number of aryl methyl sites for hydroxylation is 1. The van der Waals surface area contributed by atoms with Crippen molar-refractivity contribution in [3.63, 3.8) is 0 Å². The minimum absolute atomic E-state index is 0.0673. The highest BCUT2D eigenvalue weighted by Gasteiger charge is 2.25. The van der Waals surface area contributed by atoms with Gasteiger partial charge in [0.25, 0.3) is 0 Å². The molecule has 1 N–H and O–H groups in total. The van der Waals surface area contributed by atoms with Crippen molar-refractivity contribution in [2.24, 2.45) is 10.8 Å². The van der Waals surface area contributed by atoms with E-state index in [9.17, 15) is 0 Å². The van der Waals surface area contributed by atoms with Crippen LogP contribution in [0, 0.1) is 17.8 Å². The smallest absolute Gasteiger partial charge is 0.0417 e. The van der Waals surface area contributed by atoms with Crippen LogP contribution in [0.25, 0.3) is 6.08 Å². The van der Waals surface area contributed by atoms with Crippen LogP contribution in [0.15, 0.2) is 30.5 Å². The predicted octanol–water partition coefficient (Wildman–Crippen LogP) is 6.34. The Labute approximate surface area is 136 Å². The maximum atomic E-state index is 4.19. The number of fused-ring (bicyclic) bond motifs is 1. The lowest BCUT2D eigenvalue weighted by molar-refractivity contribution is 0.382. The molecule has 1 unspecified atom stereocenters. The lowest BCUT2D eigenvalue weighted by atomic mass is 9.74. The highest BCUT2D eigenvalue weighted by atomic mass is 14.9. The third-order valence-corrected chi connectivity index (χ3v) is 4.76. The van der Waals surface area contributed by atoms with E-state index in [-0.39, 0.29) is 5.41 Å². The van der Waals surface area contributed by atoms with E-state index in [1.807, 2.05) is 0 Å². The van der Waals surface area contributed by atoms with Gasteiger partial charge in [0.15, 0.2) is 0 Å². The van der Waals surface area contributed by atoms with Crippen LogP contribution in [0.3, 0.4) is 0 Å². The summed E-state index contributed by atoms with van der Waals surface area (Å²) in [6.45, 7) is 17.6. The van der Waals surface area contributed by atoms with Crippen molar-refractivity contribution in [3.05, 3.63) is 47.2 Å². The molecule has 120 valence electrons. The molecule has 1 heteroatoms. The lowest BCUT2D eigenvalue weighted by Gasteiger charge is -2.31. The third-order valence-electron chi connectivity index (χ3n) is 4.76. The minimum atomic E-state index is 0.0673. The normalized spacial score (nSPS) is 20.6. The Morgan fingerprint density at radius 3 is 2.59 bits per heavy atom.